The Morgan fingerprint density at radius 3 is 2.69 bits per heavy atom. The second-order valence-corrected chi connectivity index (χ2v) is 6.98. The molecule has 0 amide bonds. The Morgan fingerprint density at radius 1 is 1.34 bits per heavy atom. The number of nitrogens with zero attached hydrogens (tertiary/aromatic N) is 4. The highest BCUT2D eigenvalue weighted by Crippen LogP contribution is 2.22. The SMILES string of the molecule is CCNC(=NCCNc1ccccc1[N+](=O)[O-])NC(C)Cc1c(C)nn(C)c1C. The molecule has 0 spiro atoms. The molecule has 1 aromatic carbocycles. The fourth-order valence-corrected chi connectivity index (χ4v) is 3.16. The van der Waals surface area contributed by atoms with E-state index in [-0.39, 0.29) is 16.7 Å². The molecule has 2 rings (SSSR count). The Morgan fingerprint density at radius 2 is 2.07 bits per heavy atom. The minimum Gasteiger partial charge on any atom is -0.378 e. The molecule has 1 heterocycles. The van der Waals surface area contributed by atoms with Gasteiger partial charge in [-0.25, -0.2) is 0 Å². The highest BCUT2D eigenvalue weighted by molar-refractivity contribution is 5.80. The third kappa shape index (κ3) is 6.20. The molecule has 0 aliphatic rings. The zero-order chi connectivity index (χ0) is 21.4. The van der Waals surface area contributed by atoms with Gasteiger partial charge in [0.25, 0.3) is 5.69 Å². The van der Waals surface area contributed by atoms with Crippen LogP contribution < -0.4 is 16.0 Å². The molecular weight excluding hydrogens is 370 g/mol. The zero-order valence-electron chi connectivity index (χ0n) is 17.8. The quantitative estimate of drug-likeness (QED) is 0.196. The van der Waals surface area contributed by atoms with Crippen molar-refractivity contribution in [1.29, 1.82) is 0 Å². The van der Waals surface area contributed by atoms with Gasteiger partial charge in [-0.2, -0.15) is 5.10 Å². The number of nitro groups is 1. The number of aliphatic imine (C=N–C) groups is 1. The maximum absolute atomic E-state index is 11.1. The summed E-state index contributed by atoms with van der Waals surface area (Å²) in [5.74, 6) is 0.726. The predicted molar refractivity (Wildman–Crippen MR) is 117 cm³/mol. The maximum atomic E-state index is 11.1. The molecule has 0 fully saturated rings. The van der Waals surface area contributed by atoms with Crippen molar-refractivity contribution in [2.75, 3.05) is 25.0 Å². The van der Waals surface area contributed by atoms with Crippen LogP contribution >= 0.6 is 0 Å². The van der Waals surface area contributed by atoms with Gasteiger partial charge in [0, 0.05) is 37.9 Å². The predicted octanol–water partition coefficient (Wildman–Crippen LogP) is 2.54. The smallest absolute Gasteiger partial charge is 0.292 e. The van der Waals surface area contributed by atoms with E-state index < -0.39 is 0 Å². The summed E-state index contributed by atoms with van der Waals surface area (Å²) in [5, 5.41) is 25.3. The Balaban J connectivity index is 1.93. The number of guanidine groups is 1. The number of nitrogens with one attached hydrogen (secondary N) is 3. The number of hydrogen-bond donors (Lipinski definition) is 3. The lowest BCUT2D eigenvalue weighted by Crippen LogP contribution is -2.43. The fourth-order valence-electron chi connectivity index (χ4n) is 3.16. The Labute approximate surface area is 171 Å². The molecule has 0 bridgehead atoms. The number of aryl methyl sites for hydroxylation is 2. The third-order valence-electron chi connectivity index (χ3n) is 4.69. The first kappa shape index (κ1) is 22.2. The number of rotatable bonds is 9. The average Bonchev–Trinajstić information content (AvgIpc) is 2.91. The highest BCUT2D eigenvalue weighted by atomic mass is 16.6. The average molecular weight is 402 g/mol. The van der Waals surface area contributed by atoms with E-state index in [1.165, 1.54) is 17.3 Å². The molecule has 0 aliphatic heterocycles. The maximum Gasteiger partial charge on any atom is 0.292 e. The number of para-hydroxylation sites is 2. The molecule has 2 aromatic rings. The van der Waals surface area contributed by atoms with Crippen molar-refractivity contribution >= 4 is 17.3 Å². The van der Waals surface area contributed by atoms with Crippen LogP contribution in [-0.2, 0) is 13.5 Å². The van der Waals surface area contributed by atoms with Crippen LogP contribution in [0.3, 0.4) is 0 Å². The van der Waals surface area contributed by atoms with E-state index in [4.69, 9.17) is 0 Å². The van der Waals surface area contributed by atoms with Gasteiger partial charge in [0.15, 0.2) is 5.96 Å². The van der Waals surface area contributed by atoms with E-state index in [1.54, 1.807) is 18.2 Å². The molecule has 29 heavy (non-hydrogen) atoms. The molecule has 1 atom stereocenters. The van der Waals surface area contributed by atoms with Crippen molar-refractivity contribution in [3.8, 4) is 0 Å². The molecular formula is C20H31N7O2. The standard InChI is InChI=1S/C20H31N7O2/c1-6-21-20(24-14(2)13-17-15(3)25-26(5)16(17)4)23-12-11-22-18-9-7-8-10-19(18)27(28)29/h7-10,14,22H,6,11-13H2,1-5H3,(H2,21,23,24). The summed E-state index contributed by atoms with van der Waals surface area (Å²) in [4.78, 5) is 15.3. The number of nitro benzene ring substituents is 1. The summed E-state index contributed by atoms with van der Waals surface area (Å²) in [6.07, 6.45) is 0.852. The summed E-state index contributed by atoms with van der Waals surface area (Å²) < 4.78 is 1.91. The summed E-state index contributed by atoms with van der Waals surface area (Å²) >= 11 is 0. The number of aromatic nitrogens is 2. The van der Waals surface area contributed by atoms with Gasteiger partial charge < -0.3 is 16.0 Å². The highest BCUT2D eigenvalue weighted by Gasteiger charge is 2.14. The second-order valence-electron chi connectivity index (χ2n) is 6.98. The fraction of sp³-hybridized carbons (Fsp3) is 0.500. The van der Waals surface area contributed by atoms with Gasteiger partial charge in [0.05, 0.1) is 17.2 Å². The van der Waals surface area contributed by atoms with Crippen molar-refractivity contribution in [3.05, 3.63) is 51.3 Å². The van der Waals surface area contributed by atoms with Gasteiger partial charge in [-0.05, 0) is 45.7 Å². The van der Waals surface area contributed by atoms with Crippen LogP contribution in [0.5, 0.6) is 0 Å². The van der Waals surface area contributed by atoms with Crippen LogP contribution in [0.2, 0.25) is 0 Å². The van der Waals surface area contributed by atoms with Crippen LogP contribution in [0.1, 0.15) is 30.8 Å². The molecule has 0 saturated carbocycles. The monoisotopic (exact) mass is 401 g/mol. The Bertz CT molecular complexity index is 861. The minimum atomic E-state index is -0.388. The molecule has 158 valence electrons. The summed E-state index contributed by atoms with van der Waals surface area (Å²) in [6.45, 7) is 9.97. The summed E-state index contributed by atoms with van der Waals surface area (Å²) in [7, 11) is 1.96. The van der Waals surface area contributed by atoms with E-state index >= 15 is 0 Å². The van der Waals surface area contributed by atoms with Crippen molar-refractivity contribution in [1.82, 2.24) is 20.4 Å². The molecule has 0 saturated heterocycles. The zero-order valence-corrected chi connectivity index (χ0v) is 17.8. The van der Waals surface area contributed by atoms with Crippen LogP contribution in [0.15, 0.2) is 29.3 Å². The van der Waals surface area contributed by atoms with Crippen molar-refractivity contribution < 1.29 is 4.92 Å². The summed E-state index contributed by atoms with van der Waals surface area (Å²) in [6, 6.07) is 6.79. The van der Waals surface area contributed by atoms with Gasteiger partial charge >= 0.3 is 0 Å². The lowest BCUT2D eigenvalue weighted by atomic mass is 10.1. The van der Waals surface area contributed by atoms with Crippen LogP contribution in [0.4, 0.5) is 11.4 Å². The van der Waals surface area contributed by atoms with Crippen LogP contribution in [0, 0.1) is 24.0 Å². The number of anilines is 1. The lowest BCUT2D eigenvalue weighted by Gasteiger charge is -2.18. The normalized spacial score (nSPS) is 12.5. The van der Waals surface area contributed by atoms with Crippen LogP contribution in [0.25, 0.3) is 0 Å². The van der Waals surface area contributed by atoms with E-state index in [0.29, 0.717) is 18.8 Å². The van der Waals surface area contributed by atoms with Gasteiger partial charge in [0.2, 0.25) is 0 Å². The number of benzene rings is 1. The van der Waals surface area contributed by atoms with Crippen LogP contribution in [-0.4, -0.2) is 46.3 Å². The topological polar surface area (TPSA) is 109 Å². The lowest BCUT2D eigenvalue weighted by molar-refractivity contribution is -0.384. The van der Waals surface area contributed by atoms with Gasteiger partial charge in [-0.3, -0.25) is 19.8 Å². The van der Waals surface area contributed by atoms with Gasteiger partial charge in [0.1, 0.15) is 5.69 Å². The van der Waals surface area contributed by atoms with Gasteiger partial charge in [-0.1, -0.05) is 12.1 Å². The van der Waals surface area contributed by atoms with E-state index in [9.17, 15) is 10.1 Å². The van der Waals surface area contributed by atoms with Crippen molar-refractivity contribution in [3.63, 3.8) is 0 Å². The molecule has 0 radical (unpaired) electrons. The Kier molecular flexibility index (Phi) is 7.99. The van der Waals surface area contributed by atoms with Crippen molar-refractivity contribution in [2.24, 2.45) is 12.0 Å². The molecule has 0 aliphatic carbocycles. The molecule has 9 heteroatoms. The first-order valence-electron chi connectivity index (χ1n) is 9.84. The molecule has 1 aromatic heterocycles. The molecule has 9 nitrogen and oxygen atoms in total. The van der Waals surface area contributed by atoms with E-state index in [1.807, 2.05) is 25.6 Å². The van der Waals surface area contributed by atoms with Gasteiger partial charge in [-0.15, -0.1) is 0 Å². The van der Waals surface area contributed by atoms with Crippen molar-refractivity contribution in [2.45, 2.75) is 40.2 Å². The third-order valence-corrected chi connectivity index (χ3v) is 4.69. The van der Waals surface area contributed by atoms with E-state index in [2.05, 4.69) is 39.9 Å². The molecule has 1 unspecified atom stereocenters. The summed E-state index contributed by atoms with van der Waals surface area (Å²) in [5.41, 5.74) is 4.04. The minimum absolute atomic E-state index is 0.0670. The first-order chi connectivity index (χ1) is 13.8. The van der Waals surface area contributed by atoms with E-state index in [0.717, 1.165) is 24.6 Å². The largest absolute Gasteiger partial charge is 0.378 e. The number of hydrogen-bond acceptors (Lipinski definition) is 5. The second kappa shape index (κ2) is 10.4. The Hall–Kier alpha value is -3.10. The first-order valence-corrected chi connectivity index (χ1v) is 9.84. The molecule has 3 N–H and O–H groups in total.